The first-order valence-corrected chi connectivity index (χ1v) is 6.16. The van der Waals surface area contributed by atoms with Crippen molar-refractivity contribution in [3.63, 3.8) is 0 Å². The van der Waals surface area contributed by atoms with E-state index in [1.54, 1.807) is 18.4 Å². The predicted octanol–water partition coefficient (Wildman–Crippen LogP) is 2.53. The third kappa shape index (κ3) is 2.10. The summed E-state index contributed by atoms with van der Waals surface area (Å²) in [5.41, 5.74) is -0.0191. The van der Waals surface area contributed by atoms with Gasteiger partial charge in [0, 0.05) is 6.42 Å². The molecule has 98 valence electrons. The molecule has 1 unspecified atom stereocenters. The highest BCUT2D eigenvalue weighted by atomic mass is 16.5. The van der Waals surface area contributed by atoms with E-state index in [9.17, 15) is 9.90 Å². The van der Waals surface area contributed by atoms with Gasteiger partial charge in [0.25, 0.3) is 0 Å². The highest BCUT2D eigenvalue weighted by Gasteiger charge is 2.43. The van der Waals surface area contributed by atoms with Gasteiger partial charge in [-0.15, -0.1) is 0 Å². The van der Waals surface area contributed by atoms with E-state index in [0.717, 1.165) is 11.3 Å². The zero-order chi connectivity index (χ0) is 13.3. The van der Waals surface area contributed by atoms with Crippen LogP contribution >= 0.6 is 0 Å². The van der Waals surface area contributed by atoms with Crippen LogP contribution in [0.2, 0.25) is 0 Å². The van der Waals surface area contributed by atoms with Gasteiger partial charge in [-0.2, -0.15) is 0 Å². The van der Waals surface area contributed by atoms with Gasteiger partial charge in [-0.05, 0) is 30.2 Å². The van der Waals surface area contributed by atoms with Crippen LogP contribution in [0.1, 0.15) is 11.3 Å². The van der Waals surface area contributed by atoms with Crippen molar-refractivity contribution in [2.45, 2.75) is 12.8 Å². The molecule has 0 radical (unpaired) electrons. The fraction of sp³-hybridized carbons (Fsp3) is 0.267. The largest absolute Gasteiger partial charge is 0.492 e. The molecule has 1 aliphatic heterocycles. The van der Waals surface area contributed by atoms with Crippen LogP contribution in [0.3, 0.4) is 0 Å². The van der Waals surface area contributed by atoms with Crippen molar-refractivity contribution in [1.29, 1.82) is 0 Å². The van der Waals surface area contributed by atoms with Crippen molar-refractivity contribution in [1.82, 2.24) is 0 Å². The Labute approximate surface area is 110 Å². The zero-order valence-electron chi connectivity index (χ0n) is 10.3. The molecule has 1 aliphatic rings. The number of rotatable bonds is 3. The molecule has 1 N–H and O–H groups in total. The van der Waals surface area contributed by atoms with Crippen molar-refractivity contribution in [3.8, 4) is 5.75 Å². The Morgan fingerprint density at radius 2 is 2.11 bits per heavy atom. The Morgan fingerprint density at radius 3 is 2.84 bits per heavy atom. The standard InChI is InChI=1S/C15H14O4/c16-14(17)15(9-12-5-3-7-18-12)8-11-4-1-2-6-13(11)19-10-15/h1-7H,8-10H2,(H,16,17). The summed E-state index contributed by atoms with van der Waals surface area (Å²) in [4.78, 5) is 11.7. The monoisotopic (exact) mass is 258 g/mol. The molecule has 19 heavy (non-hydrogen) atoms. The summed E-state index contributed by atoms with van der Waals surface area (Å²) in [6.45, 7) is 0.167. The smallest absolute Gasteiger partial charge is 0.313 e. The molecule has 1 aromatic heterocycles. The van der Waals surface area contributed by atoms with Gasteiger partial charge in [-0.3, -0.25) is 4.79 Å². The van der Waals surface area contributed by atoms with Gasteiger partial charge in [0.1, 0.15) is 23.5 Å². The van der Waals surface area contributed by atoms with E-state index in [2.05, 4.69) is 0 Å². The topological polar surface area (TPSA) is 59.7 Å². The SMILES string of the molecule is O=C(O)C1(Cc2ccco2)COc2ccccc2C1. The van der Waals surface area contributed by atoms with Crippen LogP contribution in [0.4, 0.5) is 0 Å². The second-order valence-corrected chi connectivity index (χ2v) is 4.91. The summed E-state index contributed by atoms with van der Waals surface area (Å²) < 4.78 is 10.9. The van der Waals surface area contributed by atoms with Gasteiger partial charge in [0.2, 0.25) is 0 Å². The first-order valence-electron chi connectivity index (χ1n) is 6.16. The first-order chi connectivity index (χ1) is 9.20. The molecular weight excluding hydrogens is 244 g/mol. The van der Waals surface area contributed by atoms with Crippen LogP contribution in [-0.2, 0) is 17.6 Å². The lowest BCUT2D eigenvalue weighted by Crippen LogP contribution is -2.43. The number of furan rings is 1. The Balaban J connectivity index is 1.93. The van der Waals surface area contributed by atoms with E-state index < -0.39 is 11.4 Å². The maximum atomic E-state index is 11.7. The zero-order valence-corrected chi connectivity index (χ0v) is 10.3. The van der Waals surface area contributed by atoms with E-state index in [-0.39, 0.29) is 6.61 Å². The number of para-hydroxylation sites is 1. The van der Waals surface area contributed by atoms with E-state index in [4.69, 9.17) is 9.15 Å². The molecule has 0 spiro atoms. The Kier molecular flexibility index (Phi) is 2.78. The Bertz CT molecular complexity index is 588. The van der Waals surface area contributed by atoms with Crippen molar-refractivity contribution >= 4 is 5.97 Å². The number of hydrogen-bond donors (Lipinski definition) is 1. The average Bonchev–Trinajstić information content (AvgIpc) is 2.91. The van der Waals surface area contributed by atoms with E-state index in [1.807, 2.05) is 24.3 Å². The lowest BCUT2D eigenvalue weighted by atomic mass is 9.77. The molecule has 0 aliphatic carbocycles. The second-order valence-electron chi connectivity index (χ2n) is 4.91. The molecule has 0 bridgehead atoms. The summed E-state index contributed by atoms with van der Waals surface area (Å²) in [5, 5.41) is 9.59. The minimum atomic E-state index is -0.952. The van der Waals surface area contributed by atoms with E-state index >= 15 is 0 Å². The van der Waals surface area contributed by atoms with Gasteiger partial charge >= 0.3 is 5.97 Å². The summed E-state index contributed by atoms with van der Waals surface area (Å²) >= 11 is 0. The van der Waals surface area contributed by atoms with Crippen molar-refractivity contribution in [2.75, 3.05) is 6.61 Å². The Hall–Kier alpha value is -2.23. The highest BCUT2D eigenvalue weighted by Crippen LogP contribution is 2.37. The van der Waals surface area contributed by atoms with Crippen LogP contribution in [0.15, 0.2) is 47.1 Å². The number of carboxylic acids is 1. The molecule has 0 fully saturated rings. The number of ether oxygens (including phenoxy) is 1. The average molecular weight is 258 g/mol. The molecule has 1 atom stereocenters. The van der Waals surface area contributed by atoms with Gasteiger partial charge < -0.3 is 14.3 Å². The highest BCUT2D eigenvalue weighted by molar-refractivity contribution is 5.76. The number of hydrogen-bond acceptors (Lipinski definition) is 3. The third-order valence-electron chi connectivity index (χ3n) is 3.55. The molecule has 1 aromatic carbocycles. The van der Waals surface area contributed by atoms with E-state index in [1.165, 1.54) is 0 Å². The molecule has 3 rings (SSSR count). The maximum absolute atomic E-state index is 11.7. The fourth-order valence-electron chi connectivity index (χ4n) is 2.50. The lowest BCUT2D eigenvalue weighted by molar-refractivity contribution is -0.152. The third-order valence-corrected chi connectivity index (χ3v) is 3.55. The summed E-state index contributed by atoms with van der Waals surface area (Å²) in [7, 11) is 0. The normalized spacial score (nSPS) is 21.5. The minimum Gasteiger partial charge on any atom is -0.492 e. The predicted molar refractivity (Wildman–Crippen MR) is 68.1 cm³/mol. The second kappa shape index (κ2) is 4.46. The minimum absolute atomic E-state index is 0.167. The molecule has 0 saturated heterocycles. The van der Waals surface area contributed by atoms with Gasteiger partial charge in [-0.1, -0.05) is 18.2 Å². The summed E-state index contributed by atoms with van der Waals surface area (Å²) in [6.07, 6.45) is 2.35. The molecular formula is C15H14O4. The summed E-state index contributed by atoms with van der Waals surface area (Å²) in [6, 6.07) is 11.1. The van der Waals surface area contributed by atoms with Crippen LogP contribution < -0.4 is 4.74 Å². The van der Waals surface area contributed by atoms with Gasteiger partial charge in [0.05, 0.1) is 6.26 Å². The lowest BCUT2D eigenvalue weighted by Gasteiger charge is -2.33. The van der Waals surface area contributed by atoms with Crippen LogP contribution in [0.5, 0.6) is 5.75 Å². The molecule has 2 aromatic rings. The van der Waals surface area contributed by atoms with Crippen molar-refractivity contribution in [2.24, 2.45) is 5.41 Å². The summed E-state index contributed by atoms with van der Waals surface area (Å²) in [5.74, 6) is 0.600. The quantitative estimate of drug-likeness (QED) is 0.919. The number of fused-ring (bicyclic) bond motifs is 1. The van der Waals surface area contributed by atoms with Crippen molar-refractivity contribution < 1.29 is 19.1 Å². The van der Waals surface area contributed by atoms with Crippen LogP contribution in [0, 0.1) is 5.41 Å². The molecule has 4 nitrogen and oxygen atoms in total. The maximum Gasteiger partial charge on any atom is 0.313 e. The molecule has 4 heteroatoms. The number of aliphatic carboxylic acids is 1. The number of carbonyl (C=O) groups is 1. The van der Waals surface area contributed by atoms with Crippen LogP contribution in [-0.4, -0.2) is 17.7 Å². The first kappa shape index (κ1) is 11.8. The van der Waals surface area contributed by atoms with Crippen LogP contribution in [0.25, 0.3) is 0 Å². The van der Waals surface area contributed by atoms with Crippen molar-refractivity contribution in [3.05, 3.63) is 54.0 Å². The fourth-order valence-corrected chi connectivity index (χ4v) is 2.50. The molecule has 2 heterocycles. The number of benzene rings is 1. The van der Waals surface area contributed by atoms with E-state index in [0.29, 0.717) is 18.6 Å². The number of carboxylic acid groups (broad SMARTS) is 1. The Morgan fingerprint density at radius 1 is 1.26 bits per heavy atom. The molecule has 0 saturated carbocycles. The molecule has 0 amide bonds. The van der Waals surface area contributed by atoms with Gasteiger partial charge in [-0.25, -0.2) is 0 Å². The van der Waals surface area contributed by atoms with Gasteiger partial charge in [0.15, 0.2) is 0 Å².